The van der Waals surface area contributed by atoms with E-state index in [1.165, 1.54) is 7.11 Å². The van der Waals surface area contributed by atoms with Crippen molar-refractivity contribution in [1.29, 1.82) is 0 Å². The minimum atomic E-state index is -0.198. The average molecular weight is 244 g/mol. The lowest BCUT2D eigenvalue weighted by atomic mass is 10.2. The number of hydrogen-bond acceptors (Lipinski definition) is 3. The molecule has 0 aliphatic carbocycles. The first-order valence-electron chi connectivity index (χ1n) is 4.15. The van der Waals surface area contributed by atoms with Gasteiger partial charge in [-0.2, -0.15) is 0 Å². The van der Waals surface area contributed by atoms with Gasteiger partial charge in [0.1, 0.15) is 0 Å². The number of methoxy groups -OCH3 is 1. The SMILES string of the molecule is COC(=O)C1=C2C=C(Br)CN2CC1. The minimum absolute atomic E-state index is 0.198. The van der Waals surface area contributed by atoms with Gasteiger partial charge in [-0.05, 0) is 12.5 Å². The summed E-state index contributed by atoms with van der Waals surface area (Å²) in [5.74, 6) is -0.198. The number of ether oxygens (including phenoxy) is 1. The number of halogens is 1. The number of carbonyl (C=O) groups is 1. The molecule has 2 rings (SSSR count). The van der Waals surface area contributed by atoms with Gasteiger partial charge in [-0.1, -0.05) is 15.9 Å². The lowest BCUT2D eigenvalue weighted by Gasteiger charge is -2.11. The average Bonchev–Trinajstić information content (AvgIpc) is 2.61. The minimum Gasteiger partial charge on any atom is -0.466 e. The standard InChI is InChI=1S/C9H10BrNO2/c1-13-9(12)7-2-3-11-5-6(10)4-8(7)11/h4H,2-3,5H2,1H3. The van der Waals surface area contributed by atoms with Gasteiger partial charge in [-0.3, -0.25) is 0 Å². The highest BCUT2D eigenvalue weighted by Gasteiger charge is 2.29. The van der Waals surface area contributed by atoms with Crippen LogP contribution < -0.4 is 0 Å². The zero-order valence-corrected chi connectivity index (χ0v) is 8.93. The Hall–Kier alpha value is -0.770. The smallest absolute Gasteiger partial charge is 0.335 e. The van der Waals surface area contributed by atoms with Gasteiger partial charge in [0, 0.05) is 23.3 Å². The fourth-order valence-corrected chi connectivity index (χ4v) is 2.25. The molecule has 0 aromatic carbocycles. The Bertz CT molecular complexity index is 320. The van der Waals surface area contributed by atoms with Crippen LogP contribution in [0, 0.1) is 0 Å². The quantitative estimate of drug-likeness (QED) is 0.653. The van der Waals surface area contributed by atoms with Crippen molar-refractivity contribution in [2.75, 3.05) is 20.2 Å². The Morgan fingerprint density at radius 3 is 3.15 bits per heavy atom. The van der Waals surface area contributed by atoms with Crippen molar-refractivity contribution in [1.82, 2.24) is 4.90 Å². The van der Waals surface area contributed by atoms with Crippen molar-refractivity contribution in [2.24, 2.45) is 0 Å². The molecule has 0 spiro atoms. The van der Waals surface area contributed by atoms with Crippen molar-refractivity contribution in [3.8, 4) is 0 Å². The molecule has 0 bridgehead atoms. The van der Waals surface area contributed by atoms with Gasteiger partial charge in [0.15, 0.2) is 0 Å². The molecule has 0 amide bonds. The Morgan fingerprint density at radius 2 is 2.46 bits per heavy atom. The maximum Gasteiger partial charge on any atom is 0.335 e. The van der Waals surface area contributed by atoms with E-state index in [0.29, 0.717) is 0 Å². The van der Waals surface area contributed by atoms with Crippen LogP contribution >= 0.6 is 15.9 Å². The summed E-state index contributed by atoms with van der Waals surface area (Å²) in [5.41, 5.74) is 1.83. The topological polar surface area (TPSA) is 29.5 Å². The van der Waals surface area contributed by atoms with Crippen molar-refractivity contribution in [3.63, 3.8) is 0 Å². The van der Waals surface area contributed by atoms with Gasteiger partial charge in [0.05, 0.1) is 12.7 Å². The van der Waals surface area contributed by atoms with E-state index in [2.05, 4.69) is 20.8 Å². The Morgan fingerprint density at radius 1 is 1.69 bits per heavy atom. The van der Waals surface area contributed by atoms with E-state index < -0.39 is 0 Å². The lowest BCUT2D eigenvalue weighted by Crippen LogP contribution is -2.14. The van der Waals surface area contributed by atoms with E-state index in [1.54, 1.807) is 0 Å². The summed E-state index contributed by atoms with van der Waals surface area (Å²) < 4.78 is 5.84. The second kappa shape index (κ2) is 3.18. The third kappa shape index (κ3) is 1.39. The third-order valence-electron chi connectivity index (χ3n) is 2.35. The van der Waals surface area contributed by atoms with Crippen LogP contribution in [0.5, 0.6) is 0 Å². The molecule has 4 heteroatoms. The summed E-state index contributed by atoms with van der Waals surface area (Å²) in [6, 6.07) is 0. The molecule has 70 valence electrons. The van der Waals surface area contributed by atoms with Crippen molar-refractivity contribution >= 4 is 21.9 Å². The molecule has 0 saturated heterocycles. The Labute approximate surface area is 85.2 Å². The molecule has 0 unspecified atom stereocenters. The fraction of sp³-hybridized carbons (Fsp3) is 0.444. The predicted octanol–water partition coefficient (Wildman–Crippen LogP) is 1.41. The van der Waals surface area contributed by atoms with E-state index in [1.807, 2.05) is 6.08 Å². The van der Waals surface area contributed by atoms with Crippen LogP contribution in [0.4, 0.5) is 0 Å². The normalized spacial score (nSPS) is 20.5. The van der Waals surface area contributed by atoms with Crippen molar-refractivity contribution < 1.29 is 9.53 Å². The summed E-state index contributed by atoms with van der Waals surface area (Å²) in [5, 5.41) is 0. The number of fused-ring (bicyclic) bond motifs is 1. The number of nitrogens with zero attached hydrogens (tertiary/aromatic N) is 1. The first-order chi connectivity index (χ1) is 6.22. The number of carbonyl (C=O) groups excluding carboxylic acids is 1. The molecule has 2 aliphatic heterocycles. The third-order valence-corrected chi connectivity index (χ3v) is 2.83. The number of esters is 1. The summed E-state index contributed by atoms with van der Waals surface area (Å²) in [7, 11) is 1.42. The van der Waals surface area contributed by atoms with Crippen molar-refractivity contribution in [3.05, 3.63) is 21.8 Å². The van der Waals surface area contributed by atoms with Gasteiger partial charge in [0.2, 0.25) is 0 Å². The highest BCUT2D eigenvalue weighted by atomic mass is 79.9. The molecule has 3 nitrogen and oxygen atoms in total. The second-order valence-corrected chi connectivity index (χ2v) is 4.14. The molecule has 0 saturated carbocycles. The zero-order chi connectivity index (χ0) is 9.42. The zero-order valence-electron chi connectivity index (χ0n) is 7.34. The summed E-state index contributed by atoms with van der Waals surface area (Å²) >= 11 is 3.43. The maximum atomic E-state index is 11.3. The molecule has 13 heavy (non-hydrogen) atoms. The van der Waals surface area contributed by atoms with Gasteiger partial charge < -0.3 is 9.64 Å². The molecule has 0 N–H and O–H groups in total. The summed E-state index contributed by atoms with van der Waals surface area (Å²) in [4.78, 5) is 13.5. The highest BCUT2D eigenvalue weighted by Crippen LogP contribution is 2.32. The first-order valence-corrected chi connectivity index (χ1v) is 4.94. The molecule has 0 aromatic rings. The van der Waals surface area contributed by atoms with Gasteiger partial charge in [-0.25, -0.2) is 4.79 Å². The van der Waals surface area contributed by atoms with Gasteiger partial charge in [-0.15, -0.1) is 0 Å². The number of hydrogen-bond donors (Lipinski definition) is 0. The summed E-state index contributed by atoms with van der Waals surface area (Å²) in [6.07, 6.45) is 2.80. The number of allylic oxidation sites excluding steroid dienone is 1. The maximum absolute atomic E-state index is 11.3. The molecule has 2 heterocycles. The highest BCUT2D eigenvalue weighted by molar-refractivity contribution is 9.11. The second-order valence-electron chi connectivity index (χ2n) is 3.12. The summed E-state index contributed by atoms with van der Waals surface area (Å²) in [6.45, 7) is 1.81. The van der Waals surface area contributed by atoms with Crippen LogP contribution in [-0.4, -0.2) is 31.1 Å². The van der Waals surface area contributed by atoms with E-state index in [0.717, 1.165) is 35.3 Å². The Kier molecular flexibility index (Phi) is 2.15. The fourth-order valence-electron chi connectivity index (χ4n) is 1.73. The first kappa shape index (κ1) is 8.81. The molecule has 0 fully saturated rings. The molecular formula is C9H10BrNO2. The molecular weight excluding hydrogens is 234 g/mol. The molecule has 2 aliphatic rings. The van der Waals surface area contributed by atoms with Crippen LogP contribution in [0.25, 0.3) is 0 Å². The molecule has 0 radical (unpaired) electrons. The van der Waals surface area contributed by atoms with Crippen LogP contribution in [0.15, 0.2) is 21.8 Å². The van der Waals surface area contributed by atoms with E-state index >= 15 is 0 Å². The van der Waals surface area contributed by atoms with E-state index in [-0.39, 0.29) is 5.97 Å². The van der Waals surface area contributed by atoms with Crippen LogP contribution in [-0.2, 0) is 9.53 Å². The molecule has 0 aromatic heterocycles. The molecule has 0 atom stereocenters. The predicted molar refractivity (Wildman–Crippen MR) is 52.2 cm³/mol. The largest absolute Gasteiger partial charge is 0.466 e. The lowest BCUT2D eigenvalue weighted by molar-refractivity contribution is -0.136. The van der Waals surface area contributed by atoms with Gasteiger partial charge >= 0.3 is 5.97 Å². The van der Waals surface area contributed by atoms with Crippen LogP contribution in [0.1, 0.15) is 6.42 Å². The van der Waals surface area contributed by atoms with Gasteiger partial charge in [0.25, 0.3) is 0 Å². The monoisotopic (exact) mass is 243 g/mol. The van der Waals surface area contributed by atoms with Crippen LogP contribution in [0.2, 0.25) is 0 Å². The van der Waals surface area contributed by atoms with Crippen LogP contribution in [0.3, 0.4) is 0 Å². The van der Waals surface area contributed by atoms with E-state index in [4.69, 9.17) is 4.74 Å². The Balaban J connectivity index is 2.32. The number of rotatable bonds is 1. The van der Waals surface area contributed by atoms with Crippen molar-refractivity contribution in [2.45, 2.75) is 6.42 Å². The van der Waals surface area contributed by atoms with E-state index in [9.17, 15) is 4.79 Å².